The van der Waals surface area contributed by atoms with Gasteiger partial charge in [0.1, 0.15) is 17.4 Å². The summed E-state index contributed by atoms with van der Waals surface area (Å²) in [5, 5.41) is 2.89. The Morgan fingerprint density at radius 3 is 2.69 bits per heavy atom. The maximum atomic E-state index is 13.6. The van der Waals surface area contributed by atoms with Gasteiger partial charge in [-0.25, -0.2) is 0 Å². The first-order valence-electron chi connectivity index (χ1n) is 12.8. The maximum Gasteiger partial charge on any atom is 0.245 e. The Bertz CT molecular complexity index is 1100. The highest BCUT2D eigenvalue weighted by atomic mass is 16.5. The van der Waals surface area contributed by atoms with Gasteiger partial charge in [-0.3, -0.25) is 9.59 Å². The molecule has 0 aromatic heterocycles. The molecule has 0 spiro atoms. The number of ether oxygens (including phenoxy) is 2. The van der Waals surface area contributed by atoms with Crippen LogP contribution in [0.25, 0.3) is 0 Å². The van der Waals surface area contributed by atoms with Gasteiger partial charge in [0.2, 0.25) is 11.8 Å². The molecule has 6 nitrogen and oxygen atoms in total. The highest BCUT2D eigenvalue weighted by Gasteiger charge is 2.51. The maximum absolute atomic E-state index is 13.6. The van der Waals surface area contributed by atoms with Crippen LogP contribution in [0, 0.1) is 18.8 Å². The van der Waals surface area contributed by atoms with E-state index in [0.29, 0.717) is 19.5 Å². The molecule has 1 N–H and O–H groups in total. The lowest BCUT2D eigenvalue weighted by Crippen LogP contribution is -2.58. The number of nitrogens with one attached hydrogen (secondary N) is 1. The first kappa shape index (κ1) is 23.9. The molecule has 3 heterocycles. The van der Waals surface area contributed by atoms with E-state index in [0.717, 1.165) is 29.7 Å². The Morgan fingerprint density at radius 1 is 1.17 bits per heavy atom. The van der Waals surface area contributed by atoms with Crippen molar-refractivity contribution in [2.45, 2.75) is 70.8 Å². The molecule has 2 saturated heterocycles. The number of amides is 2. The minimum absolute atomic E-state index is 0.00963. The molecule has 6 heteroatoms. The molecule has 3 aliphatic rings. The predicted molar refractivity (Wildman–Crippen MR) is 134 cm³/mol. The van der Waals surface area contributed by atoms with Gasteiger partial charge in [-0.15, -0.1) is 0 Å². The van der Waals surface area contributed by atoms with Crippen molar-refractivity contribution in [1.82, 2.24) is 10.2 Å². The van der Waals surface area contributed by atoms with E-state index in [1.165, 1.54) is 12.5 Å². The molecule has 0 radical (unpaired) electrons. The number of hydrogen-bond acceptors (Lipinski definition) is 4. The Balaban J connectivity index is 1.32. The van der Waals surface area contributed by atoms with Crippen LogP contribution in [0.2, 0.25) is 0 Å². The molecule has 2 amide bonds. The predicted octanol–water partition coefficient (Wildman–Crippen LogP) is 4.21. The largest absolute Gasteiger partial charge is 0.487 e. The minimum atomic E-state index is -0.562. The first-order valence-corrected chi connectivity index (χ1v) is 12.8. The second-order valence-corrected chi connectivity index (χ2v) is 11.0. The molecule has 0 saturated carbocycles. The summed E-state index contributed by atoms with van der Waals surface area (Å²) in [6, 6.07) is 15.7. The SMILES string of the molecule is CC(=O)N[C@H](Cc1ccccc1)C(=O)N1CC[C@H]2O[C@H]3c4ccc(C)cc4OC(C)(C)[C@@H]3C[C@H]2C1. The van der Waals surface area contributed by atoms with E-state index in [2.05, 4.69) is 44.3 Å². The van der Waals surface area contributed by atoms with Crippen molar-refractivity contribution in [2.75, 3.05) is 13.1 Å². The van der Waals surface area contributed by atoms with Crippen molar-refractivity contribution in [3.8, 4) is 5.75 Å². The van der Waals surface area contributed by atoms with Crippen LogP contribution < -0.4 is 10.1 Å². The summed E-state index contributed by atoms with van der Waals surface area (Å²) in [7, 11) is 0. The summed E-state index contributed by atoms with van der Waals surface area (Å²) in [6.07, 6.45) is 2.38. The number of carbonyl (C=O) groups excluding carboxylic acids is 2. The lowest BCUT2D eigenvalue weighted by molar-refractivity contribution is -0.189. The van der Waals surface area contributed by atoms with Crippen molar-refractivity contribution < 1.29 is 19.1 Å². The van der Waals surface area contributed by atoms with E-state index >= 15 is 0 Å². The van der Waals surface area contributed by atoms with Gasteiger partial charge in [0.15, 0.2) is 0 Å². The number of carbonyl (C=O) groups is 2. The average Bonchev–Trinajstić information content (AvgIpc) is 2.82. The summed E-state index contributed by atoms with van der Waals surface area (Å²) < 4.78 is 13.2. The van der Waals surface area contributed by atoms with Gasteiger partial charge < -0.3 is 19.7 Å². The van der Waals surface area contributed by atoms with E-state index in [1.54, 1.807) is 0 Å². The van der Waals surface area contributed by atoms with Gasteiger partial charge >= 0.3 is 0 Å². The highest BCUT2D eigenvalue weighted by molar-refractivity contribution is 5.87. The first-order chi connectivity index (χ1) is 16.7. The molecule has 0 unspecified atom stereocenters. The molecular formula is C29H36N2O4. The van der Waals surface area contributed by atoms with Crippen LogP contribution in [0.4, 0.5) is 0 Å². The normalized spacial score (nSPS) is 27.5. The topological polar surface area (TPSA) is 67.9 Å². The lowest BCUT2D eigenvalue weighted by Gasteiger charge is -2.53. The number of aryl methyl sites for hydroxylation is 1. The summed E-state index contributed by atoms with van der Waals surface area (Å²) in [5.74, 6) is 1.20. The fraction of sp³-hybridized carbons (Fsp3) is 0.517. The molecule has 5 rings (SSSR count). The Labute approximate surface area is 208 Å². The number of hydrogen-bond donors (Lipinski definition) is 1. The molecule has 186 valence electrons. The van der Waals surface area contributed by atoms with Crippen LogP contribution in [0.3, 0.4) is 0 Å². The molecule has 0 aliphatic carbocycles. The number of fused-ring (bicyclic) bond motifs is 4. The second-order valence-electron chi connectivity index (χ2n) is 11.0. The molecule has 2 aromatic carbocycles. The van der Waals surface area contributed by atoms with Crippen molar-refractivity contribution in [1.29, 1.82) is 0 Å². The quantitative estimate of drug-likeness (QED) is 0.718. The van der Waals surface area contributed by atoms with Gasteiger partial charge in [0.05, 0.1) is 12.2 Å². The molecule has 5 atom stereocenters. The van der Waals surface area contributed by atoms with Gasteiger partial charge in [0.25, 0.3) is 0 Å². The number of piperidine rings is 1. The number of benzene rings is 2. The Morgan fingerprint density at radius 2 is 1.94 bits per heavy atom. The van der Waals surface area contributed by atoms with Crippen LogP contribution in [0.5, 0.6) is 5.75 Å². The minimum Gasteiger partial charge on any atom is -0.487 e. The molecule has 0 bridgehead atoms. The smallest absolute Gasteiger partial charge is 0.245 e. The summed E-state index contributed by atoms with van der Waals surface area (Å²) in [4.78, 5) is 27.4. The van der Waals surface area contributed by atoms with Gasteiger partial charge in [0, 0.05) is 43.8 Å². The zero-order chi connectivity index (χ0) is 24.7. The number of nitrogens with zero attached hydrogens (tertiary/aromatic N) is 1. The number of rotatable bonds is 4. The summed E-state index contributed by atoms with van der Waals surface area (Å²) in [5.41, 5.74) is 3.01. The standard InChI is InChI=1S/C29H36N2O4/c1-18-10-11-22-26(14-18)35-29(3,4)23-16-21-17-31(13-12-25(21)34-27(22)23)28(33)24(30-19(2)32)15-20-8-6-5-7-9-20/h5-11,14,21,23-25,27H,12-13,15-17H2,1-4H3,(H,30,32)/t21-,23+,24+,25+,27-/m0/s1. The summed E-state index contributed by atoms with van der Waals surface area (Å²) >= 11 is 0. The van der Waals surface area contributed by atoms with Crippen LogP contribution in [-0.2, 0) is 20.7 Å². The summed E-state index contributed by atoms with van der Waals surface area (Å²) in [6.45, 7) is 9.14. The van der Waals surface area contributed by atoms with E-state index in [4.69, 9.17) is 9.47 Å². The number of likely N-dealkylation sites (tertiary alicyclic amines) is 1. The molecule has 3 aliphatic heterocycles. The van der Waals surface area contributed by atoms with Crippen LogP contribution >= 0.6 is 0 Å². The van der Waals surface area contributed by atoms with Crippen molar-refractivity contribution in [3.05, 3.63) is 65.2 Å². The lowest BCUT2D eigenvalue weighted by atomic mass is 9.70. The van der Waals surface area contributed by atoms with E-state index in [-0.39, 0.29) is 41.5 Å². The zero-order valence-electron chi connectivity index (χ0n) is 21.1. The van der Waals surface area contributed by atoms with Crippen molar-refractivity contribution >= 4 is 11.8 Å². The Kier molecular flexibility index (Phi) is 6.34. The third kappa shape index (κ3) is 4.81. The van der Waals surface area contributed by atoms with Gasteiger partial charge in [-0.05, 0) is 50.8 Å². The van der Waals surface area contributed by atoms with Crippen LogP contribution in [0.1, 0.15) is 56.4 Å². The molecule has 2 fully saturated rings. The van der Waals surface area contributed by atoms with Crippen molar-refractivity contribution in [3.63, 3.8) is 0 Å². The Hall–Kier alpha value is -2.86. The van der Waals surface area contributed by atoms with E-state index < -0.39 is 6.04 Å². The van der Waals surface area contributed by atoms with E-state index in [9.17, 15) is 9.59 Å². The third-order valence-corrected chi connectivity index (χ3v) is 7.92. The fourth-order valence-electron chi connectivity index (χ4n) is 6.13. The van der Waals surface area contributed by atoms with Crippen molar-refractivity contribution in [2.24, 2.45) is 11.8 Å². The second kappa shape index (κ2) is 9.30. The van der Waals surface area contributed by atoms with E-state index in [1.807, 2.05) is 35.2 Å². The van der Waals surface area contributed by atoms with Crippen LogP contribution in [0.15, 0.2) is 48.5 Å². The van der Waals surface area contributed by atoms with Crippen LogP contribution in [-0.4, -0.2) is 47.6 Å². The zero-order valence-corrected chi connectivity index (χ0v) is 21.1. The highest BCUT2D eigenvalue weighted by Crippen LogP contribution is 2.53. The average molecular weight is 477 g/mol. The molecule has 2 aromatic rings. The molecule has 35 heavy (non-hydrogen) atoms. The third-order valence-electron chi connectivity index (χ3n) is 7.92. The molecular weight excluding hydrogens is 440 g/mol. The monoisotopic (exact) mass is 476 g/mol. The van der Waals surface area contributed by atoms with Gasteiger partial charge in [-0.2, -0.15) is 0 Å². The van der Waals surface area contributed by atoms with Gasteiger partial charge in [-0.1, -0.05) is 42.5 Å². The fourth-order valence-corrected chi connectivity index (χ4v) is 6.13.